The number of nitrogens with zero attached hydrogens (tertiary/aromatic N) is 1. The molecule has 0 heterocycles. The van der Waals surface area contributed by atoms with E-state index in [9.17, 15) is 0 Å². The molecular weight excluding hydrogens is 258 g/mol. The number of ether oxygens (including phenoxy) is 1. The summed E-state index contributed by atoms with van der Waals surface area (Å²) in [6.45, 7) is 3.99. The second kappa shape index (κ2) is 7.53. The van der Waals surface area contributed by atoms with Crippen LogP contribution in [0.15, 0.2) is 67.3 Å². The van der Waals surface area contributed by atoms with Crippen LogP contribution in [0.4, 0.5) is 5.69 Å². The molecule has 2 heteroatoms. The van der Waals surface area contributed by atoms with Gasteiger partial charge in [0.25, 0.3) is 0 Å². The number of likely N-dealkylation sites (N-methyl/N-ethyl adjacent to an activating group) is 1. The van der Waals surface area contributed by atoms with Gasteiger partial charge in [-0.05, 0) is 42.7 Å². The van der Waals surface area contributed by atoms with Crippen LogP contribution in [0.5, 0.6) is 5.75 Å². The molecule has 1 atom stereocenters. The molecule has 2 aromatic carbocycles. The Morgan fingerprint density at radius 1 is 1.10 bits per heavy atom. The summed E-state index contributed by atoms with van der Waals surface area (Å²) in [5.74, 6) is 0.881. The van der Waals surface area contributed by atoms with E-state index >= 15 is 0 Å². The van der Waals surface area contributed by atoms with Crippen molar-refractivity contribution in [2.45, 2.75) is 18.9 Å². The molecule has 110 valence electrons. The minimum absolute atomic E-state index is 0.318. The molecule has 0 radical (unpaired) electrons. The molecule has 0 aromatic heterocycles. The van der Waals surface area contributed by atoms with Crippen LogP contribution >= 0.6 is 0 Å². The van der Waals surface area contributed by atoms with Crippen molar-refractivity contribution in [2.75, 3.05) is 19.1 Å². The van der Waals surface area contributed by atoms with Crippen LogP contribution in [0.2, 0.25) is 0 Å². The summed E-state index contributed by atoms with van der Waals surface area (Å²) in [6, 6.07) is 19.0. The summed E-state index contributed by atoms with van der Waals surface area (Å²) in [5.41, 5.74) is 2.54. The van der Waals surface area contributed by atoms with Crippen LogP contribution in [-0.4, -0.2) is 20.2 Å². The van der Waals surface area contributed by atoms with Gasteiger partial charge in [-0.2, -0.15) is 0 Å². The van der Waals surface area contributed by atoms with Crippen LogP contribution in [0.25, 0.3) is 0 Å². The first-order valence-electron chi connectivity index (χ1n) is 7.28. The van der Waals surface area contributed by atoms with Crippen molar-refractivity contribution in [3.63, 3.8) is 0 Å². The van der Waals surface area contributed by atoms with E-state index in [0.717, 1.165) is 18.6 Å². The molecule has 0 aliphatic heterocycles. The Morgan fingerprint density at radius 2 is 1.76 bits per heavy atom. The molecule has 0 saturated heterocycles. The minimum atomic E-state index is 0.318. The molecule has 2 aromatic rings. The Kier molecular flexibility index (Phi) is 5.44. The molecule has 0 spiro atoms. The van der Waals surface area contributed by atoms with Crippen LogP contribution in [-0.2, 0) is 6.42 Å². The maximum Gasteiger partial charge on any atom is 0.119 e. The highest BCUT2D eigenvalue weighted by molar-refractivity contribution is 5.50. The smallest absolute Gasteiger partial charge is 0.119 e. The van der Waals surface area contributed by atoms with Gasteiger partial charge in [-0.3, -0.25) is 0 Å². The molecule has 2 rings (SSSR count). The summed E-state index contributed by atoms with van der Waals surface area (Å²) >= 11 is 0. The number of aryl methyl sites for hydroxylation is 1. The van der Waals surface area contributed by atoms with Gasteiger partial charge in [-0.15, -0.1) is 6.58 Å². The van der Waals surface area contributed by atoms with Gasteiger partial charge in [0.05, 0.1) is 7.11 Å². The standard InChI is InChI=1S/C19H23NO/c1-4-17(11-10-16-8-6-5-7-9-16)20(2)18-12-14-19(21-3)15-13-18/h4-9,12-15,17H,1,10-11H2,2-3H3/t17-/m0/s1. The van der Waals surface area contributed by atoms with Gasteiger partial charge in [0.15, 0.2) is 0 Å². The van der Waals surface area contributed by atoms with Crippen LogP contribution < -0.4 is 9.64 Å². The van der Waals surface area contributed by atoms with Crippen LogP contribution in [0, 0.1) is 0 Å². The molecule has 2 nitrogen and oxygen atoms in total. The zero-order chi connectivity index (χ0) is 15.1. The van der Waals surface area contributed by atoms with E-state index in [4.69, 9.17) is 4.74 Å². The third kappa shape index (κ3) is 4.12. The van der Waals surface area contributed by atoms with Crippen molar-refractivity contribution < 1.29 is 4.74 Å². The number of hydrogen-bond acceptors (Lipinski definition) is 2. The first-order chi connectivity index (χ1) is 10.2. The maximum absolute atomic E-state index is 5.20. The van der Waals surface area contributed by atoms with Crippen molar-refractivity contribution >= 4 is 5.69 Å². The molecule has 21 heavy (non-hydrogen) atoms. The van der Waals surface area contributed by atoms with Gasteiger partial charge in [0.2, 0.25) is 0 Å². The van der Waals surface area contributed by atoms with Crippen molar-refractivity contribution in [2.24, 2.45) is 0 Å². The highest BCUT2D eigenvalue weighted by Crippen LogP contribution is 2.22. The van der Waals surface area contributed by atoms with E-state index < -0.39 is 0 Å². The lowest BCUT2D eigenvalue weighted by Crippen LogP contribution is -2.30. The number of methoxy groups -OCH3 is 1. The first kappa shape index (κ1) is 15.2. The molecule has 0 bridgehead atoms. The topological polar surface area (TPSA) is 12.5 Å². The van der Waals surface area contributed by atoms with Crippen molar-refractivity contribution in [3.05, 3.63) is 72.8 Å². The quantitative estimate of drug-likeness (QED) is 0.701. The van der Waals surface area contributed by atoms with Gasteiger partial charge in [0, 0.05) is 18.8 Å². The molecular formula is C19H23NO. The van der Waals surface area contributed by atoms with Gasteiger partial charge < -0.3 is 9.64 Å². The predicted octanol–water partition coefficient (Wildman–Crippen LogP) is 4.32. The summed E-state index contributed by atoms with van der Waals surface area (Å²) in [6.07, 6.45) is 4.13. The summed E-state index contributed by atoms with van der Waals surface area (Å²) in [5, 5.41) is 0. The van der Waals surface area contributed by atoms with Crippen LogP contribution in [0.3, 0.4) is 0 Å². The Balaban J connectivity index is 2.00. The fraction of sp³-hybridized carbons (Fsp3) is 0.263. The SMILES string of the molecule is C=C[C@@H](CCc1ccccc1)N(C)c1ccc(OC)cc1. The lowest BCUT2D eigenvalue weighted by molar-refractivity contribution is 0.415. The maximum atomic E-state index is 5.20. The van der Waals surface area contributed by atoms with E-state index in [-0.39, 0.29) is 0 Å². The molecule has 0 N–H and O–H groups in total. The summed E-state index contributed by atoms with van der Waals surface area (Å²) < 4.78 is 5.20. The fourth-order valence-corrected chi connectivity index (χ4v) is 2.44. The second-order valence-corrected chi connectivity index (χ2v) is 5.14. The molecule has 0 saturated carbocycles. The van der Waals surface area contributed by atoms with Crippen molar-refractivity contribution in [1.82, 2.24) is 0 Å². The lowest BCUT2D eigenvalue weighted by Gasteiger charge is -2.28. The van der Waals surface area contributed by atoms with Crippen molar-refractivity contribution in [1.29, 1.82) is 0 Å². The lowest BCUT2D eigenvalue weighted by atomic mass is 10.0. The van der Waals surface area contributed by atoms with Gasteiger partial charge in [-0.25, -0.2) is 0 Å². The largest absolute Gasteiger partial charge is 0.497 e. The Morgan fingerprint density at radius 3 is 2.33 bits per heavy atom. The predicted molar refractivity (Wildman–Crippen MR) is 90.1 cm³/mol. The van der Waals surface area contributed by atoms with Crippen LogP contribution in [0.1, 0.15) is 12.0 Å². The fourth-order valence-electron chi connectivity index (χ4n) is 2.44. The Hall–Kier alpha value is -2.22. The third-order valence-corrected chi connectivity index (χ3v) is 3.82. The summed E-state index contributed by atoms with van der Waals surface area (Å²) in [4.78, 5) is 2.26. The number of rotatable bonds is 7. The highest BCUT2D eigenvalue weighted by atomic mass is 16.5. The van der Waals surface area contributed by atoms with E-state index in [0.29, 0.717) is 6.04 Å². The third-order valence-electron chi connectivity index (χ3n) is 3.82. The van der Waals surface area contributed by atoms with E-state index in [1.165, 1.54) is 11.3 Å². The molecule has 0 aliphatic carbocycles. The zero-order valence-electron chi connectivity index (χ0n) is 12.8. The minimum Gasteiger partial charge on any atom is -0.497 e. The normalized spacial score (nSPS) is 11.7. The van der Waals surface area contributed by atoms with Gasteiger partial charge in [0.1, 0.15) is 5.75 Å². The highest BCUT2D eigenvalue weighted by Gasteiger charge is 2.12. The van der Waals surface area contributed by atoms with Gasteiger partial charge >= 0.3 is 0 Å². The number of benzene rings is 2. The van der Waals surface area contributed by atoms with E-state index in [2.05, 4.69) is 61.0 Å². The zero-order valence-corrected chi connectivity index (χ0v) is 12.8. The molecule has 0 fully saturated rings. The number of anilines is 1. The molecule has 0 unspecified atom stereocenters. The van der Waals surface area contributed by atoms with E-state index in [1.807, 2.05) is 18.2 Å². The second-order valence-electron chi connectivity index (χ2n) is 5.14. The van der Waals surface area contributed by atoms with Gasteiger partial charge in [-0.1, -0.05) is 36.4 Å². The Labute approximate surface area is 127 Å². The van der Waals surface area contributed by atoms with Crippen molar-refractivity contribution in [3.8, 4) is 5.75 Å². The molecule has 0 amide bonds. The average Bonchev–Trinajstić information content (AvgIpc) is 2.56. The number of hydrogen-bond donors (Lipinski definition) is 0. The molecule has 0 aliphatic rings. The average molecular weight is 281 g/mol. The summed E-state index contributed by atoms with van der Waals surface area (Å²) in [7, 11) is 3.80. The monoisotopic (exact) mass is 281 g/mol. The Bertz CT molecular complexity index is 548. The first-order valence-corrected chi connectivity index (χ1v) is 7.28. The van der Waals surface area contributed by atoms with E-state index in [1.54, 1.807) is 7.11 Å².